The first-order chi connectivity index (χ1) is 9.94. The average molecular weight is 312 g/mol. The number of likely N-dealkylation sites (tertiary alicyclic amines) is 1. The molecule has 4 N–H and O–H groups in total. The number of rotatable bonds is 6. The molecule has 1 atom stereocenters. The molecule has 0 bridgehead atoms. The highest BCUT2D eigenvalue weighted by atomic mass is 32.2. The van der Waals surface area contributed by atoms with E-state index in [4.69, 9.17) is 5.73 Å². The minimum absolute atomic E-state index is 0.114. The standard InChI is InChI=1S/C14H24N4O2S/c1-11(18-7-3-4-8-18)10-17-12-5-6-14(13(15)9-12)21(19,20)16-2/h5-6,9,11,16-17H,3-4,7-8,10,15H2,1-2H3. The Balaban J connectivity index is 2.00. The molecular weight excluding hydrogens is 288 g/mol. The fourth-order valence-corrected chi connectivity index (χ4v) is 3.43. The quantitative estimate of drug-likeness (QED) is 0.684. The third-order valence-corrected chi connectivity index (χ3v) is 5.42. The summed E-state index contributed by atoms with van der Waals surface area (Å²) in [4.78, 5) is 2.57. The first-order valence-corrected chi connectivity index (χ1v) is 8.73. The van der Waals surface area contributed by atoms with Crippen LogP contribution in [-0.2, 0) is 10.0 Å². The fourth-order valence-electron chi connectivity index (χ4n) is 2.59. The van der Waals surface area contributed by atoms with E-state index in [1.165, 1.54) is 26.0 Å². The molecule has 1 unspecified atom stereocenters. The van der Waals surface area contributed by atoms with Gasteiger partial charge in [0.05, 0.1) is 5.69 Å². The van der Waals surface area contributed by atoms with Crippen LogP contribution in [0.3, 0.4) is 0 Å². The summed E-state index contributed by atoms with van der Waals surface area (Å²) in [5.41, 5.74) is 6.94. The van der Waals surface area contributed by atoms with Gasteiger partial charge in [-0.3, -0.25) is 4.90 Å². The molecule has 0 saturated carbocycles. The second-order valence-corrected chi connectivity index (χ2v) is 7.29. The topological polar surface area (TPSA) is 87.5 Å². The lowest BCUT2D eigenvalue weighted by Crippen LogP contribution is -2.35. The maximum absolute atomic E-state index is 11.8. The van der Waals surface area contributed by atoms with Gasteiger partial charge in [0, 0.05) is 18.3 Å². The van der Waals surface area contributed by atoms with Crippen LogP contribution in [0.15, 0.2) is 23.1 Å². The molecule has 6 nitrogen and oxygen atoms in total. The Labute approximate surface area is 126 Å². The Morgan fingerprint density at radius 1 is 1.33 bits per heavy atom. The molecule has 0 aromatic heterocycles. The number of nitrogens with two attached hydrogens (primary N) is 1. The molecule has 1 aromatic carbocycles. The molecule has 0 radical (unpaired) electrons. The fraction of sp³-hybridized carbons (Fsp3) is 0.571. The number of nitrogens with one attached hydrogen (secondary N) is 2. The summed E-state index contributed by atoms with van der Waals surface area (Å²) in [7, 11) is -2.13. The molecule has 1 heterocycles. The van der Waals surface area contributed by atoms with E-state index in [2.05, 4.69) is 21.9 Å². The normalized spacial score (nSPS) is 17.8. The Morgan fingerprint density at radius 2 is 2.00 bits per heavy atom. The Kier molecular flexibility index (Phi) is 5.08. The third-order valence-electron chi connectivity index (χ3n) is 3.93. The number of nitrogens with zero attached hydrogens (tertiary/aromatic N) is 1. The van der Waals surface area contributed by atoms with Crippen molar-refractivity contribution in [2.75, 3.05) is 37.7 Å². The maximum atomic E-state index is 11.8. The predicted molar refractivity (Wildman–Crippen MR) is 85.9 cm³/mol. The molecule has 0 amide bonds. The first kappa shape index (κ1) is 16.1. The molecule has 1 aromatic rings. The zero-order valence-corrected chi connectivity index (χ0v) is 13.4. The molecule has 118 valence electrons. The van der Waals surface area contributed by atoms with E-state index in [0.717, 1.165) is 25.3 Å². The van der Waals surface area contributed by atoms with Crippen LogP contribution in [0.25, 0.3) is 0 Å². The molecule has 0 spiro atoms. The van der Waals surface area contributed by atoms with E-state index in [9.17, 15) is 8.42 Å². The molecule has 2 rings (SSSR count). The van der Waals surface area contributed by atoms with Crippen molar-refractivity contribution in [3.8, 4) is 0 Å². The summed E-state index contributed by atoms with van der Waals surface area (Å²) in [6.07, 6.45) is 2.54. The lowest BCUT2D eigenvalue weighted by molar-refractivity contribution is 0.269. The van der Waals surface area contributed by atoms with Crippen molar-refractivity contribution in [3.63, 3.8) is 0 Å². The second-order valence-electron chi connectivity index (χ2n) is 5.43. The van der Waals surface area contributed by atoms with Crippen LogP contribution in [0, 0.1) is 0 Å². The van der Waals surface area contributed by atoms with Gasteiger partial charge in [0.2, 0.25) is 10.0 Å². The number of hydrogen-bond donors (Lipinski definition) is 3. The molecule has 1 aliphatic rings. The molecular formula is C14H24N4O2S. The van der Waals surface area contributed by atoms with Crippen LogP contribution in [0.2, 0.25) is 0 Å². The zero-order valence-electron chi connectivity index (χ0n) is 12.6. The zero-order chi connectivity index (χ0) is 15.5. The van der Waals surface area contributed by atoms with Gasteiger partial charge in [-0.05, 0) is 58.1 Å². The molecule has 0 aliphatic carbocycles. The highest BCUT2D eigenvalue weighted by Gasteiger charge is 2.18. The van der Waals surface area contributed by atoms with Crippen molar-refractivity contribution < 1.29 is 8.42 Å². The van der Waals surface area contributed by atoms with Gasteiger partial charge < -0.3 is 11.1 Å². The summed E-state index contributed by atoms with van der Waals surface area (Å²) in [6.45, 7) is 5.33. The SMILES string of the molecule is CNS(=O)(=O)c1ccc(NCC(C)N2CCCC2)cc1N. The van der Waals surface area contributed by atoms with Crippen LogP contribution in [-0.4, -0.2) is 46.0 Å². The monoisotopic (exact) mass is 312 g/mol. The van der Waals surface area contributed by atoms with E-state index >= 15 is 0 Å². The van der Waals surface area contributed by atoms with Crippen molar-refractivity contribution in [2.24, 2.45) is 0 Å². The minimum Gasteiger partial charge on any atom is -0.398 e. The molecule has 1 saturated heterocycles. The van der Waals surface area contributed by atoms with Crippen LogP contribution >= 0.6 is 0 Å². The highest BCUT2D eigenvalue weighted by molar-refractivity contribution is 7.89. The molecule has 7 heteroatoms. The summed E-state index contributed by atoms with van der Waals surface area (Å²) in [6, 6.07) is 5.40. The van der Waals surface area contributed by atoms with E-state index in [1.54, 1.807) is 12.1 Å². The molecule has 21 heavy (non-hydrogen) atoms. The first-order valence-electron chi connectivity index (χ1n) is 7.25. The summed E-state index contributed by atoms with van der Waals surface area (Å²) < 4.78 is 25.8. The smallest absolute Gasteiger partial charge is 0.242 e. The predicted octanol–water partition coefficient (Wildman–Crippen LogP) is 1.07. The number of sulfonamides is 1. The summed E-state index contributed by atoms with van der Waals surface area (Å²) in [5.74, 6) is 0. The summed E-state index contributed by atoms with van der Waals surface area (Å²) in [5, 5.41) is 3.32. The van der Waals surface area contributed by atoms with Crippen molar-refractivity contribution in [3.05, 3.63) is 18.2 Å². The number of nitrogen functional groups attached to an aromatic ring is 1. The summed E-state index contributed by atoms with van der Waals surface area (Å²) >= 11 is 0. The van der Waals surface area contributed by atoms with E-state index in [-0.39, 0.29) is 10.6 Å². The molecule has 1 fully saturated rings. The lowest BCUT2D eigenvalue weighted by atomic mass is 10.2. The van der Waals surface area contributed by atoms with E-state index in [1.807, 2.05) is 0 Å². The Hall–Kier alpha value is -1.31. The number of benzene rings is 1. The Morgan fingerprint density at radius 3 is 2.57 bits per heavy atom. The van der Waals surface area contributed by atoms with Crippen LogP contribution in [0.1, 0.15) is 19.8 Å². The van der Waals surface area contributed by atoms with Crippen molar-refractivity contribution in [1.29, 1.82) is 0 Å². The van der Waals surface area contributed by atoms with Crippen LogP contribution in [0.5, 0.6) is 0 Å². The minimum atomic E-state index is -3.50. The molecule has 1 aliphatic heterocycles. The van der Waals surface area contributed by atoms with Gasteiger partial charge in [0.25, 0.3) is 0 Å². The van der Waals surface area contributed by atoms with Crippen LogP contribution in [0.4, 0.5) is 11.4 Å². The van der Waals surface area contributed by atoms with Gasteiger partial charge in [-0.15, -0.1) is 0 Å². The van der Waals surface area contributed by atoms with Gasteiger partial charge in [-0.2, -0.15) is 0 Å². The number of hydrogen-bond acceptors (Lipinski definition) is 5. The van der Waals surface area contributed by atoms with Gasteiger partial charge in [0.15, 0.2) is 0 Å². The largest absolute Gasteiger partial charge is 0.398 e. The van der Waals surface area contributed by atoms with Gasteiger partial charge >= 0.3 is 0 Å². The third kappa shape index (κ3) is 3.87. The van der Waals surface area contributed by atoms with Crippen molar-refractivity contribution >= 4 is 21.4 Å². The lowest BCUT2D eigenvalue weighted by Gasteiger charge is -2.24. The second kappa shape index (κ2) is 6.64. The highest BCUT2D eigenvalue weighted by Crippen LogP contribution is 2.22. The van der Waals surface area contributed by atoms with Crippen molar-refractivity contribution in [2.45, 2.75) is 30.7 Å². The van der Waals surface area contributed by atoms with Crippen LogP contribution < -0.4 is 15.8 Å². The number of anilines is 2. The van der Waals surface area contributed by atoms with Gasteiger partial charge in [-0.1, -0.05) is 0 Å². The van der Waals surface area contributed by atoms with E-state index in [0.29, 0.717) is 6.04 Å². The van der Waals surface area contributed by atoms with Gasteiger partial charge in [0.1, 0.15) is 4.90 Å². The average Bonchev–Trinajstić information content (AvgIpc) is 2.98. The van der Waals surface area contributed by atoms with Gasteiger partial charge in [-0.25, -0.2) is 13.1 Å². The van der Waals surface area contributed by atoms with E-state index < -0.39 is 10.0 Å². The Bertz CT molecular complexity index is 583. The maximum Gasteiger partial charge on any atom is 0.242 e. The van der Waals surface area contributed by atoms with Crippen molar-refractivity contribution in [1.82, 2.24) is 9.62 Å².